The molecule has 0 atom stereocenters. The van der Waals surface area contributed by atoms with Crippen LogP contribution in [-0.2, 0) is 21.8 Å². The quantitative estimate of drug-likeness (QED) is 0.608. The molecule has 0 bridgehead atoms. The summed E-state index contributed by atoms with van der Waals surface area (Å²) < 4.78 is 38.7. The lowest BCUT2D eigenvalue weighted by Gasteiger charge is -2.25. The fourth-order valence-corrected chi connectivity index (χ4v) is 4.13. The molecule has 2 aromatic rings. The van der Waals surface area contributed by atoms with Crippen LogP contribution in [0.25, 0.3) is 0 Å². The highest BCUT2D eigenvalue weighted by atomic mass is 32.2. The third-order valence-corrected chi connectivity index (χ3v) is 5.86. The minimum absolute atomic E-state index is 0.0769. The Bertz CT molecular complexity index is 882. The summed E-state index contributed by atoms with van der Waals surface area (Å²) in [4.78, 5) is 12.5. The lowest BCUT2D eigenvalue weighted by Crippen LogP contribution is -2.40. The van der Waals surface area contributed by atoms with Crippen molar-refractivity contribution in [3.05, 3.63) is 47.8 Å². The van der Waals surface area contributed by atoms with Crippen molar-refractivity contribution in [3.63, 3.8) is 0 Å². The molecule has 0 unspecified atom stereocenters. The second kappa shape index (κ2) is 6.99. The Morgan fingerprint density at radius 3 is 2.60 bits per heavy atom. The Labute approximate surface area is 146 Å². The molecule has 1 aromatic carbocycles. The monoisotopic (exact) mass is 364 g/mol. The van der Waals surface area contributed by atoms with E-state index in [1.165, 1.54) is 21.1 Å². The Hall–Kier alpha value is -2.16. The van der Waals surface area contributed by atoms with E-state index in [0.717, 1.165) is 5.56 Å². The number of morpholine rings is 1. The van der Waals surface area contributed by atoms with Crippen molar-refractivity contribution in [3.8, 4) is 5.75 Å². The SMILES string of the molecule is Cc1cccc(OC(=O)c2cc(S(=O)(=O)N3CCOCC3)cn2C)c1. The molecular formula is C17H20N2O5S. The molecule has 1 fully saturated rings. The second-order valence-corrected chi connectivity index (χ2v) is 7.83. The number of sulfonamides is 1. The zero-order chi connectivity index (χ0) is 18.0. The van der Waals surface area contributed by atoms with Crippen LogP contribution in [0, 0.1) is 6.92 Å². The highest BCUT2D eigenvalue weighted by Gasteiger charge is 2.29. The molecule has 2 heterocycles. The van der Waals surface area contributed by atoms with Gasteiger partial charge < -0.3 is 14.0 Å². The zero-order valence-electron chi connectivity index (χ0n) is 14.1. The van der Waals surface area contributed by atoms with Gasteiger partial charge in [0.2, 0.25) is 10.0 Å². The maximum atomic E-state index is 12.7. The number of hydrogen-bond donors (Lipinski definition) is 0. The summed E-state index contributed by atoms with van der Waals surface area (Å²) in [6.07, 6.45) is 1.43. The number of aromatic nitrogens is 1. The van der Waals surface area contributed by atoms with Crippen molar-refractivity contribution < 1.29 is 22.7 Å². The molecule has 25 heavy (non-hydrogen) atoms. The predicted octanol–water partition coefficient (Wildman–Crippen LogP) is 1.57. The van der Waals surface area contributed by atoms with Gasteiger partial charge in [0.25, 0.3) is 0 Å². The van der Waals surface area contributed by atoms with E-state index >= 15 is 0 Å². The van der Waals surface area contributed by atoms with Crippen molar-refractivity contribution >= 4 is 16.0 Å². The van der Waals surface area contributed by atoms with E-state index < -0.39 is 16.0 Å². The molecule has 0 aliphatic carbocycles. The number of benzene rings is 1. The number of carbonyl (C=O) groups excluding carboxylic acids is 1. The van der Waals surface area contributed by atoms with E-state index in [0.29, 0.717) is 32.1 Å². The molecule has 7 nitrogen and oxygen atoms in total. The van der Waals surface area contributed by atoms with Crippen LogP contribution in [0.3, 0.4) is 0 Å². The van der Waals surface area contributed by atoms with Crippen LogP contribution in [0.4, 0.5) is 0 Å². The van der Waals surface area contributed by atoms with Crippen molar-refractivity contribution in [2.45, 2.75) is 11.8 Å². The minimum Gasteiger partial charge on any atom is -0.422 e. The van der Waals surface area contributed by atoms with Crippen molar-refractivity contribution in [1.82, 2.24) is 8.87 Å². The predicted molar refractivity (Wildman–Crippen MR) is 91.1 cm³/mol. The molecule has 8 heteroatoms. The first-order valence-corrected chi connectivity index (χ1v) is 9.35. The molecular weight excluding hydrogens is 344 g/mol. The summed E-state index contributed by atoms with van der Waals surface area (Å²) in [5.74, 6) is -0.180. The second-order valence-electron chi connectivity index (χ2n) is 5.89. The average Bonchev–Trinajstić information content (AvgIpc) is 2.98. The van der Waals surface area contributed by atoms with Gasteiger partial charge in [-0.15, -0.1) is 0 Å². The fraction of sp³-hybridized carbons (Fsp3) is 0.353. The average molecular weight is 364 g/mol. The van der Waals surface area contributed by atoms with Gasteiger partial charge in [0.15, 0.2) is 0 Å². The van der Waals surface area contributed by atoms with Crippen LogP contribution in [0.2, 0.25) is 0 Å². The topological polar surface area (TPSA) is 77.8 Å². The van der Waals surface area contributed by atoms with Crippen LogP contribution in [-0.4, -0.2) is 49.6 Å². The van der Waals surface area contributed by atoms with Gasteiger partial charge in [-0.1, -0.05) is 12.1 Å². The van der Waals surface area contributed by atoms with Gasteiger partial charge in [-0.05, 0) is 30.7 Å². The standard InChI is InChI=1S/C17H20N2O5S/c1-13-4-3-5-14(10-13)24-17(20)16-11-15(12-18(16)2)25(21,22)19-6-8-23-9-7-19/h3-5,10-12H,6-9H2,1-2H3. The first-order chi connectivity index (χ1) is 11.9. The van der Waals surface area contributed by atoms with Gasteiger partial charge in [-0.2, -0.15) is 4.31 Å². The van der Waals surface area contributed by atoms with Crippen molar-refractivity contribution in [1.29, 1.82) is 0 Å². The van der Waals surface area contributed by atoms with Crippen LogP contribution < -0.4 is 4.74 Å². The van der Waals surface area contributed by atoms with E-state index in [-0.39, 0.29) is 10.6 Å². The van der Waals surface area contributed by atoms with Gasteiger partial charge in [0.1, 0.15) is 16.3 Å². The van der Waals surface area contributed by atoms with Crippen LogP contribution in [0.1, 0.15) is 16.1 Å². The number of nitrogens with zero attached hydrogens (tertiary/aromatic N) is 2. The van der Waals surface area contributed by atoms with Crippen molar-refractivity contribution in [2.24, 2.45) is 7.05 Å². The summed E-state index contributed by atoms with van der Waals surface area (Å²) in [5, 5.41) is 0. The summed E-state index contributed by atoms with van der Waals surface area (Å²) in [6, 6.07) is 8.46. The molecule has 1 aliphatic rings. The molecule has 0 amide bonds. The maximum absolute atomic E-state index is 12.7. The number of ether oxygens (including phenoxy) is 2. The molecule has 0 radical (unpaired) electrons. The highest BCUT2D eigenvalue weighted by molar-refractivity contribution is 7.89. The van der Waals surface area contributed by atoms with Gasteiger partial charge in [0.05, 0.1) is 13.2 Å². The van der Waals surface area contributed by atoms with E-state index in [4.69, 9.17) is 9.47 Å². The molecule has 1 aromatic heterocycles. The van der Waals surface area contributed by atoms with E-state index in [2.05, 4.69) is 0 Å². The summed E-state index contributed by atoms with van der Waals surface area (Å²) in [6.45, 7) is 3.25. The molecule has 0 saturated carbocycles. The Balaban J connectivity index is 1.83. The first-order valence-electron chi connectivity index (χ1n) is 7.91. The molecule has 0 spiro atoms. The molecule has 0 N–H and O–H groups in total. The summed E-state index contributed by atoms with van der Waals surface area (Å²) in [7, 11) is -2.04. The Kier molecular flexibility index (Phi) is 4.94. The lowest BCUT2D eigenvalue weighted by atomic mass is 10.2. The molecule has 1 saturated heterocycles. The van der Waals surface area contributed by atoms with Gasteiger partial charge in [-0.25, -0.2) is 13.2 Å². The van der Waals surface area contributed by atoms with Crippen LogP contribution in [0.5, 0.6) is 5.75 Å². The van der Waals surface area contributed by atoms with Crippen molar-refractivity contribution in [2.75, 3.05) is 26.3 Å². The summed E-state index contributed by atoms with van der Waals surface area (Å²) >= 11 is 0. The fourth-order valence-electron chi connectivity index (χ4n) is 2.65. The third kappa shape index (κ3) is 3.76. The molecule has 134 valence electrons. The van der Waals surface area contributed by atoms with Crippen LogP contribution in [0.15, 0.2) is 41.4 Å². The van der Waals surface area contributed by atoms with Gasteiger partial charge in [-0.3, -0.25) is 0 Å². The van der Waals surface area contributed by atoms with E-state index in [9.17, 15) is 13.2 Å². The summed E-state index contributed by atoms with van der Waals surface area (Å²) in [5.41, 5.74) is 1.14. The largest absolute Gasteiger partial charge is 0.422 e. The smallest absolute Gasteiger partial charge is 0.360 e. The zero-order valence-corrected chi connectivity index (χ0v) is 15.0. The third-order valence-electron chi connectivity index (χ3n) is 4.00. The van der Waals surface area contributed by atoms with Gasteiger partial charge in [0, 0.05) is 26.3 Å². The highest BCUT2D eigenvalue weighted by Crippen LogP contribution is 2.21. The maximum Gasteiger partial charge on any atom is 0.360 e. The Morgan fingerprint density at radius 2 is 1.92 bits per heavy atom. The number of hydrogen-bond acceptors (Lipinski definition) is 5. The van der Waals surface area contributed by atoms with E-state index in [1.807, 2.05) is 13.0 Å². The minimum atomic E-state index is -3.65. The number of esters is 1. The first kappa shape index (κ1) is 17.7. The lowest BCUT2D eigenvalue weighted by molar-refractivity contribution is 0.0723. The molecule has 1 aliphatic heterocycles. The Morgan fingerprint density at radius 1 is 1.20 bits per heavy atom. The van der Waals surface area contributed by atoms with Crippen LogP contribution >= 0.6 is 0 Å². The number of rotatable bonds is 4. The van der Waals surface area contributed by atoms with E-state index in [1.54, 1.807) is 25.2 Å². The number of aryl methyl sites for hydroxylation is 2. The number of carbonyl (C=O) groups is 1. The molecule has 3 rings (SSSR count). The normalized spacial score (nSPS) is 15.9. The van der Waals surface area contributed by atoms with Gasteiger partial charge >= 0.3 is 5.97 Å².